The summed E-state index contributed by atoms with van der Waals surface area (Å²) in [5, 5.41) is 12.1. The van der Waals surface area contributed by atoms with E-state index < -0.39 is 0 Å². The molecule has 0 saturated heterocycles. The van der Waals surface area contributed by atoms with Crippen LogP contribution in [0.5, 0.6) is 0 Å². The van der Waals surface area contributed by atoms with Crippen molar-refractivity contribution in [2.24, 2.45) is 5.92 Å². The lowest BCUT2D eigenvalue weighted by Gasteiger charge is -2.00. The molecule has 7 heteroatoms. The van der Waals surface area contributed by atoms with Crippen molar-refractivity contribution >= 4 is 38.3 Å². The Balaban J connectivity index is 2.02. The summed E-state index contributed by atoms with van der Waals surface area (Å²) in [5.74, 6) is 0.240. The first-order chi connectivity index (χ1) is 9.04. The summed E-state index contributed by atoms with van der Waals surface area (Å²) < 4.78 is 0.833. The van der Waals surface area contributed by atoms with Crippen LogP contribution in [0.1, 0.15) is 29.3 Å². The summed E-state index contributed by atoms with van der Waals surface area (Å²) in [6, 6.07) is 3.42. The molecule has 0 saturated carbocycles. The second kappa shape index (κ2) is 6.21. The highest BCUT2D eigenvalue weighted by Gasteiger charge is 2.11. The molecule has 0 aliphatic heterocycles. The highest BCUT2D eigenvalue weighted by atomic mass is 79.9. The maximum Gasteiger partial charge on any atom is 0.276 e. The number of carbonyl (C=O) groups is 1. The van der Waals surface area contributed by atoms with Crippen molar-refractivity contribution in [1.29, 1.82) is 0 Å². The Bertz CT molecular complexity index is 567. The molecule has 19 heavy (non-hydrogen) atoms. The van der Waals surface area contributed by atoms with Gasteiger partial charge in [0.1, 0.15) is 10.7 Å². The average molecular weight is 341 g/mol. The zero-order chi connectivity index (χ0) is 13.8. The quantitative estimate of drug-likeness (QED) is 0.928. The van der Waals surface area contributed by atoms with Crippen molar-refractivity contribution < 1.29 is 4.79 Å². The molecular formula is C12H13BrN4OS. The first kappa shape index (κ1) is 14.1. The maximum absolute atomic E-state index is 11.9. The molecule has 2 rings (SSSR count). The highest BCUT2D eigenvalue weighted by Crippen LogP contribution is 2.19. The molecule has 0 fully saturated rings. The minimum absolute atomic E-state index is 0.278. The fourth-order valence-corrected chi connectivity index (χ4v) is 2.59. The molecule has 0 unspecified atom stereocenters. The van der Waals surface area contributed by atoms with E-state index in [1.807, 2.05) is 0 Å². The van der Waals surface area contributed by atoms with Crippen molar-refractivity contribution in [2.45, 2.75) is 20.3 Å². The van der Waals surface area contributed by atoms with E-state index >= 15 is 0 Å². The maximum atomic E-state index is 11.9. The smallest absolute Gasteiger partial charge is 0.276 e. The van der Waals surface area contributed by atoms with Gasteiger partial charge in [0.15, 0.2) is 0 Å². The average Bonchev–Trinajstić information content (AvgIpc) is 2.76. The first-order valence-electron chi connectivity index (χ1n) is 5.80. The van der Waals surface area contributed by atoms with Crippen LogP contribution >= 0.6 is 27.3 Å². The van der Waals surface area contributed by atoms with Gasteiger partial charge in [0.05, 0.1) is 0 Å². The lowest BCUT2D eigenvalue weighted by molar-refractivity contribution is 0.102. The standard InChI is InChI=1S/C12H13BrN4OS/c1-7(2)5-10-16-17-12(19-10)15-11(18)9-4-3-8(13)6-14-9/h3-4,6-7H,5H2,1-2H3,(H,15,17,18). The van der Waals surface area contributed by atoms with Crippen molar-refractivity contribution in [3.63, 3.8) is 0 Å². The van der Waals surface area contributed by atoms with E-state index in [1.165, 1.54) is 11.3 Å². The molecule has 0 bridgehead atoms. The fraction of sp³-hybridized carbons (Fsp3) is 0.333. The third-order valence-electron chi connectivity index (χ3n) is 2.23. The topological polar surface area (TPSA) is 67.8 Å². The van der Waals surface area contributed by atoms with Gasteiger partial charge in [-0.2, -0.15) is 0 Å². The van der Waals surface area contributed by atoms with Gasteiger partial charge in [0.2, 0.25) is 5.13 Å². The Morgan fingerprint density at radius 1 is 1.42 bits per heavy atom. The zero-order valence-electron chi connectivity index (χ0n) is 10.6. The monoisotopic (exact) mass is 340 g/mol. The van der Waals surface area contributed by atoms with Crippen molar-refractivity contribution in [3.8, 4) is 0 Å². The molecular weight excluding hydrogens is 328 g/mol. The van der Waals surface area contributed by atoms with Gasteiger partial charge in [0.25, 0.3) is 5.91 Å². The van der Waals surface area contributed by atoms with Gasteiger partial charge < -0.3 is 0 Å². The summed E-state index contributed by atoms with van der Waals surface area (Å²) in [5.41, 5.74) is 0.351. The largest absolute Gasteiger partial charge is 0.295 e. The lowest BCUT2D eigenvalue weighted by Crippen LogP contribution is -2.13. The van der Waals surface area contributed by atoms with E-state index in [-0.39, 0.29) is 5.91 Å². The Morgan fingerprint density at radius 2 is 2.21 bits per heavy atom. The second-order valence-corrected chi connectivity index (χ2v) is 6.39. The van der Waals surface area contributed by atoms with E-state index in [1.54, 1.807) is 18.3 Å². The van der Waals surface area contributed by atoms with Crippen LogP contribution in [0.25, 0.3) is 0 Å². The Morgan fingerprint density at radius 3 is 2.84 bits per heavy atom. The normalized spacial score (nSPS) is 10.7. The Kier molecular flexibility index (Phi) is 4.60. The van der Waals surface area contributed by atoms with Crippen LogP contribution in [-0.4, -0.2) is 21.1 Å². The van der Waals surface area contributed by atoms with Crippen LogP contribution < -0.4 is 5.32 Å². The molecule has 0 spiro atoms. The SMILES string of the molecule is CC(C)Cc1nnc(NC(=O)c2ccc(Br)cn2)s1. The van der Waals surface area contributed by atoms with Crippen molar-refractivity contribution in [3.05, 3.63) is 33.5 Å². The number of aromatic nitrogens is 3. The van der Waals surface area contributed by atoms with Crippen LogP contribution in [0.4, 0.5) is 5.13 Å². The Labute approximate surface area is 123 Å². The van der Waals surface area contributed by atoms with Crippen molar-refractivity contribution in [2.75, 3.05) is 5.32 Å². The van der Waals surface area contributed by atoms with E-state index in [9.17, 15) is 4.79 Å². The zero-order valence-corrected chi connectivity index (χ0v) is 13.0. The fourth-order valence-electron chi connectivity index (χ4n) is 1.41. The number of amides is 1. The molecule has 1 amide bonds. The van der Waals surface area contributed by atoms with E-state index in [0.29, 0.717) is 16.7 Å². The molecule has 0 aromatic carbocycles. The summed E-state index contributed by atoms with van der Waals surface area (Å²) in [7, 11) is 0. The predicted molar refractivity (Wildman–Crippen MR) is 78.3 cm³/mol. The van der Waals surface area contributed by atoms with Crippen LogP contribution in [0.3, 0.4) is 0 Å². The number of pyridine rings is 1. The van der Waals surface area contributed by atoms with Gasteiger partial charge in [-0.3, -0.25) is 10.1 Å². The van der Waals surface area contributed by atoms with Gasteiger partial charge in [-0.05, 0) is 34.0 Å². The Hall–Kier alpha value is -1.34. The summed E-state index contributed by atoms with van der Waals surface area (Å²) >= 11 is 4.67. The number of hydrogen-bond donors (Lipinski definition) is 1. The molecule has 0 atom stereocenters. The lowest BCUT2D eigenvalue weighted by atomic mass is 10.1. The number of carbonyl (C=O) groups excluding carboxylic acids is 1. The van der Waals surface area contributed by atoms with Crippen LogP contribution in [-0.2, 0) is 6.42 Å². The van der Waals surface area contributed by atoms with Crippen LogP contribution in [0.15, 0.2) is 22.8 Å². The molecule has 0 aliphatic carbocycles. The number of nitrogens with zero attached hydrogens (tertiary/aromatic N) is 3. The summed E-state index contributed by atoms with van der Waals surface area (Å²) in [6.45, 7) is 4.23. The van der Waals surface area contributed by atoms with Crippen molar-refractivity contribution in [1.82, 2.24) is 15.2 Å². The second-order valence-electron chi connectivity index (χ2n) is 4.41. The van der Waals surface area contributed by atoms with Gasteiger partial charge in [-0.1, -0.05) is 25.2 Å². The molecule has 2 aromatic rings. The van der Waals surface area contributed by atoms with E-state index in [0.717, 1.165) is 15.9 Å². The minimum atomic E-state index is -0.278. The van der Waals surface area contributed by atoms with Gasteiger partial charge in [-0.15, -0.1) is 10.2 Å². The third-order valence-corrected chi connectivity index (χ3v) is 3.56. The molecule has 5 nitrogen and oxygen atoms in total. The molecule has 0 radical (unpaired) electrons. The first-order valence-corrected chi connectivity index (χ1v) is 7.41. The highest BCUT2D eigenvalue weighted by molar-refractivity contribution is 9.10. The summed E-state index contributed by atoms with van der Waals surface area (Å²) in [6.07, 6.45) is 2.45. The number of nitrogens with one attached hydrogen (secondary N) is 1. The van der Waals surface area contributed by atoms with E-state index in [2.05, 4.69) is 50.3 Å². The number of rotatable bonds is 4. The molecule has 1 N–H and O–H groups in total. The van der Waals surface area contributed by atoms with Gasteiger partial charge in [0, 0.05) is 17.1 Å². The van der Waals surface area contributed by atoms with E-state index in [4.69, 9.17) is 0 Å². The minimum Gasteiger partial charge on any atom is -0.295 e. The van der Waals surface area contributed by atoms with Gasteiger partial charge in [-0.25, -0.2) is 4.98 Å². The van der Waals surface area contributed by atoms with Crippen LogP contribution in [0.2, 0.25) is 0 Å². The predicted octanol–water partition coefficient (Wildman–Crippen LogP) is 3.15. The molecule has 2 heterocycles. The third kappa shape index (κ3) is 4.07. The number of halogens is 1. The van der Waals surface area contributed by atoms with Gasteiger partial charge >= 0.3 is 0 Å². The number of anilines is 1. The molecule has 100 valence electrons. The summed E-state index contributed by atoms with van der Waals surface area (Å²) in [4.78, 5) is 15.9. The molecule has 0 aliphatic rings. The van der Waals surface area contributed by atoms with Crippen LogP contribution in [0, 0.1) is 5.92 Å². The number of hydrogen-bond acceptors (Lipinski definition) is 5. The molecule has 2 aromatic heterocycles.